The van der Waals surface area contributed by atoms with Crippen LogP contribution in [0.5, 0.6) is 0 Å². The normalized spacial score (nSPS) is 38.2. The average Bonchev–Trinajstić information content (AvgIpc) is 2.90. The van der Waals surface area contributed by atoms with Gasteiger partial charge in [-0.2, -0.15) is 0 Å². The molecule has 0 aromatic rings. The minimum Gasteiger partial charge on any atom is -0.375 e. The fourth-order valence-corrected chi connectivity index (χ4v) is 11.9. The van der Waals surface area contributed by atoms with Crippen molar-refractivity contribution < 1.29 is 0 Å². The predicted molar refractivity (Wildman–Crippen MR) is 117 cm³/mol. The Kier molecular flexibility index (Phi) is 5.01. The van der Waals surface area contributed by atoms with E-state index in [0.717, 1.165) is 35.3 Å². The summed E-state index contributed by atoms with van der Waals surface area (Å²) in [6, 6.07) is 0.736. The second-order valence-electron chi connectivity index (χ2n) is 12.3. The van der Waals surface area contributed by atoms with E-state index >= 15 is 0 Å². The van der Waals surface area contributed by atoms with Crippen LogP contribution in [-0.4, -0.2) is 31.8 Å². The summed E-state index contributed by atoms with van der Waals surface area (Å²) in [5, 5.41) is 0. The molecule has 3 rings (SSSR count). The molecule has 0 spiro atoms. The molecule has 0 saturated heterocycles. The Morgan fingerprint density at radius 2 is 1.65 bits per heavy atom. The molecule has 2 aliphatic carbocycles. The van der Waals surface area contributed by atoms with E-state index in [1.165, 1.54) is 25.0 Å². The number of rotatable bonds is 2. The summed E-state index contributed by atoms with van der Waals surface area (Å²) in [4.78, 5) is 6.81. The molecule has 26 heavy (non-hydrogen) atoms. The van der Waals surface area contributed by atoms with Gasteiger partial charge in [0.25, 0.3) is 0 Å². The van der Waals surface area contributed by atoms with Crippen LogP contribution >= 0.6 is 0 Å². The van der Waals surface area contributed by atoms with Gasteiger partial charge in [0.05, 0.1) is 0 Å². The largest absolute Gasteiger partial charge is 0.375 e. The topological polar surface area (TPSA) is 15.3 Å². The highest BCUT2D eigenvalue weighted by Crippen LogP contribution is 2.62. The highest BCUT2D eigenvalue weighted by Gasteiger charge is 2.60. The van der Waals surface area contributed by atoms with Gasteiger partial charge >= 0.3 is 0 Å². The first-order valence-corrected chi connectivity index (χ1v) is 14.0. The van der Waals surface area contributed by atoms with Crippen molar-refractivity contribution in [1.29, 1.82) is 0 Å². The molecule has 0 aromatic heterocycles. The minimum absolute atomic E-state index is 0.209. The zero-order chi connectivity index (χ0) is 19.7. The second-order valence-corrected chi connectivity index (χ2v) is 16.7. The van der Waals surface area contributed by atoms with Crippen LogP contribution < -0.4 is 4.98 Å². The lowest BCUT2D eigenvalue weighted by atomic mass is 9.65. The molecule has 3 aliphatic rings. The monoisotopic (exact) mass is 376 g/mol. The van der Waals surface area contributed by atoms with Crippen LogP contribution in [0.4, 0.5) is 0 Å². The fraction of sp³-hybridized carbons (Fsp3) is 0.913. The van der Waals surface area contributed by atoms with Crippen LogP contribution in [0.15, 0.2) is 11.8 Å². The van der Waals surface area contributed by atoms with Crippen LogP contribution in [0, 0.1) is 29.1 Å². The summed E-state index contributed by atoms with van der Waals surface area (Å²) in [6.07, 6.45) is 6.98. The van der Waals surface area contributed by atoms with Crippen LogP contribution in [0.3, 0.4) is 0 Å². The molecule has 0 bridgehead atoms. The SMILES string of the molecule is CC1=CC2C3CCC(C(C)(C)C)CC3C([Si](C)(C)NC(C)(C)C)C2N1C. The summed E-state index contributed by atoms with van der Waals surface area (Å²) >= 11 is 0. The lowest BCUT2D eigenvalue weighted by molar-refractivity contribution is 0.105. The van der Waals surface area contributed by atoms with E-state index in [1.807, 2.05) is 0 Å². The van der Waals surface area contributed by atoms with E-state index in [1.54, 1.807) is 0 Å². The molecular formula is C23H44N2Si. The molecule has 1 aliphatic heterocycles. The third-order valence-electron chi connectivity index (χ3n) is 7.87. The number of nitrogens with one attached hydrogen (secondary N) is 1. The molecule has 3 heteroatoms. The van der Waals surface area contributed by atoms with Gasteiger partial charge in [0, 0.05) is 30.2 Å². The highest BCUT2D eigenvalue weighted by atomic mass is 28.3. The van der Waals surface area contributed by atoms with Crippen molar-refractivity contribution in [2.45, 2.75) is 97.9 Å². The van der Waals surface area contributed by atoms with E-state index in [0.29, 0.717) is 5.41 Å². The van der Waals surface area contributed by atoms with E-state index in [-0.39, 0.29) is 5.54 Å². The third-order valence-corrected chi connectivity index (χ3v) is 11.7. The number of hydrogen-bond donors (Lipinski definition) is 1. The molecule has 150 valence electrons. The minimum atomic E-state index is -1.58. The maximum absolute atomic E-state index is 4.16. The fourth-order valence-electron chi connectivity index (χ4n) is 7.02. The standard InChI is InChI=1S/C23H44N2Si/c1-15-13-18-17-12-11-16(22(2,3)4)14-19(17)21(20(18)25(15)8)26(9,10)24-23(5,6)7/h13,16-21,24H,11-12,14H2,1-10H3. The quantitative estimate of drug-likeness (QED) is 0.606. The molecule has 6 unspecified atom stereocenters. The second kappa shape index (κ2) is 6.37. The average molecular weight is 377 g/mol. The molecule has 2 nitrogen and oxygen atoms in total. The van der Waals surface area contributed by atoms with Gasteiger partial charge in [-0.05, 0) is 75.7 Å². The Morgan fingerprint density at radius 1 is 1.04 bits per heavy atom. The zero-order valence-electron chi connectivity index (χ0n) is 19.1. The van der Waals surface area contributed by atoms with Crippen LogP contribution in [0.1, 0.15) is 67.7 Å². The smallest absolute Gasteiger partial charge is 0.125 e. The van der Waals surface area contributed by atoms with Crippen LogP contribution in [0.25, 0.3) is 0 Å². The molecule has 1 N–H and O–H groups in total. The van der Waals surface area contributed by atoms with Gasteiger partial charge in [0.2, 0.25) is 0 Å². The van der Waals surface area contributed by atoms with Gasteiger partial charge < -0.3 is 9.88 Å². The van der Waals surface area contributed by atoms with Crippen molar-refractivity contribution >= 4 is 8.24 Å². The maximum Gasteiger partial charge on any atom is 0.125 e. The molecule has 1 heterocycles. The van der Waals surface area contributed by atoms with E-state index in [4.69, 9.17) is 0 Å². The van der Waals surface area contributed by atoms with Gasteiger partial charge in [-0.25, -0.2) is 0 Å². The first kappa shape index (κ1) is 20.5. The summed E-state index contributed by atoms with van der Waals surface area (Å²) in [5.41, 5.74) is 3.03. The lowest BCUT2D eigenvalue weighted by Crippen LogP contribution is -2.61. The molecule has 6 atom stereocenters. The Hall–Kier alpha value is -0.283. The van der Waals surface area contributed by atoms with Crippen molar-refractivity contribution in [3.63, 3.8) is 0 Å². The third kappa shape index (κ3) is 3.55. The van der Waals surface area contributed by atoms with Gasteiger partial charge in [0.1, 0.15) is 8.24 Å². The Balaban J connectivity index is 1.96. The molecule has 0 radical (unpaired) electrons. The Labute approximate surface area is 164 Å². The first-order valence-electron chi connectivity index (χ1n) is 10.9. The van der Waals surface area contributed by atoms with Crippen LogP contribution in [0.2, 0.25) is 18.6 Å². The van der Waals surface area contributed by atoms with Gasteiger partial charge in [0.15, 0.2) is 0 Å². The van der Waals surface area contributed by atoms with Crippen molar-refractivity contribution in [3.05, 3.63) is 11.8 Å². The van der Waals surface area contributed by atoms with Crippen molar-refractivity contribution in [2.24, 2.45) is 29.1 Å². The van der Waals surface area contributed by atoms with Gasteiger partial charge in [-0.1, -0.05) is 39.9 Å². The van der Waals surface area contributed by atoms with Gasteiger partial charge in [-0.3, -0.25) is 0 Å². The maximum atomic E-state index is 4.16. The van der Waals surface area contributed by atoms with Gasteiger partial charge in [-0.15, -0.1) is 0 Å². The Bertz CT molecular complexity index is 566. The number of nitrogens with zero attached hydrogens (tertiary/aromatic N) is 1. The zero-order valence-corrected chi connectivity index (χ0v) is 20.1. The van der Waals surface area contributed by atoms with Crippen LogP contribution in [-0.2, 0) is 0 Å². The Morgan fingerprint density at radius 3 is 2.19 bits per heavy atom. The molecule has 2 saturated carbocycles. The van der Waals surface area contributed by atoms with E-state index < -0.39 is 8.24 Å². The predicted octanol–water partition coefficient (Wildman–Crippen LogP) is 5.88. The highest BCUT2D eigenvalue weighted by molar-refractivity contribution is 6.77. The molecule has 2 fully saturated rings. The molecule has 0 amide bonds. The van der Waals surface area contributed by atoms with E-state index in [2.05, 4.69) is 84.6 Å². The summed E-state index contributed by atoms with van der Waals surface area (Å²) in [6.45, 7) is 22.0. The lowest BCUT2D eigenvalue weighted by Gasteiger charge is -2.47. The van der Waals surface area contributed by atoms with E-state index in [9.17, 15) is 0 Å². The summed E-state index contributed by atoms with van der Waals surface area (Å²) in [5.74, 6) is 3.51. The molecular weight excluding hydrogens is 332 g/mol. The first-order chi connectivity index (χ1) is 11.7. The number of allylic oxidation sites excluding steroid dienone is 1. The van der Waals surface area contributed by atoms with Crippen molar-refractivity contribution in [2.75, 3.05) is 7.05 Å². The summed E-state index contributed by atoms with van der Waals surface area (Å²) < 4.78 is 0. The molecule has 0 aromatic carbocycles. The number of hydrogen-bond acceptors (Lipinski definition) is 2. The van der Waals surface area contributed by atoms with Crippen molar-refractivity contribution in [3.8, 4) is 0 Å². The van der Waals surface area contributed by atoms with Crippen molar-refractivity contribution in [1.82, 2.24) is 9.88 Å². The number of fused-ring (bicyclic) bond motifs is 3. The summed E-state index contributed by atoms with van der Waals surface area (Å²) in [7, 11) is 0.780.